The Morgan fingerprint density at radius 2 is 2.22 bits per heavy atom. The summed E-state index contributed by atoms with van der Waals surface area (Å²) in [4.78, 5) is 10.6. The lowest BCUT2D eigenvalue weighted by Gasteiger charge is -2.08. The Labute approximate surface area is 116 Å². The van der Waals surface area contributed by atoms with Gasteiger partial charge in [-0.15, -0.1) is 10.2 Å². The summed E-state index contributed by atoms with van der Waals surface area (Å²) in [5, 5.41) is 17.7. The molecule has 1 N–H and O–H groups in total. The van der Waals surface area contributed by atoms with Crippen LogP contribution in [0, 0.1) is 0 Å². The molecule has 1 aromatic heterocycles. The summed E-state index contributed by atoms with van der Waals surface area (Å²) in [6.45, 7) is 2.97. The van der Waals surface area contributed by atoms with Crippen molar-refractivity contribution in [3.05, 3.63) is 5.82 Å². The number of nitrogens with zero attached hydrogens (tertiary/aromatic N) is 3. The summed E-state index contributed by atoms with van der Waals surface area (Å²) in [6.07, 6.45) is 5.04. The molecule has 0 fully saturated rings. The van der Waals surface area contributed by atoms with Crippen LogP contribution in [0.25, 0.3) is 0 Å². The summed E-state index contributed by atoms with van der Waals surface area (Å²) in [6, 6.07) is 0. The number of aromatic nitrogens is 3. The molecule has 18 heavy (non-hydrogen) atoms. The first-order valence-corrected chi connectivity index (χ1v) is 8.32. The number of hydrogen-bond donors (Lipinski definition) is 1. The number of carboxylic acids is 1. The monoisotopic (exact) mass is 289 g/mol. The summed E-state index contributed by atoms with van der Waals surface area (Å²) in [7, 11) is 0. The fourth-order valence-electron chi connectivity index (χ4n) is 1.55. The van der Waals surface area contributed by atoms with Gasteiger partial charge in [-0.25, -0.2) is 0 Å². The van der Waals surface area contributed by atoms with Crippen LogP contribution in [0.2, 0.25) is 0 Å². The number of carbonyl (C=O) groups is 1. The normalized spacial score (nSPS) is 10.8. The number of carboxylic acid groups (broad SMARTS) is 1. The Morgan fingerprint density at radius 3 is 2.83 bits per heavy atom. The number of aryl methyl sites for hydroxylation is 1. The Balaban J connectivity index is 2.71. The van der Waals surface area contributed by atoms with Gasteiger partial charge in [-0.3, -0.25) is 4.79 Å². The van der Waals surface area contributed by atoms with Crippen molar-refractivity contribution < 1.29 is 9.90 Å². The Bertz CT molecular complexity index is 382. The van der Waals surface area contributed by atoms with Crippen molar-refractivity contribution in [2.24, 2.45) is 0 Å². The van der Waals surface area contributed by atoms with E-state index in [1.54, 1.807) is 0 Å². The third-order valence-electron chi connectivity index (χ3n) is 2.32. The summed E-state index contributed by atoms with van der Waals surface area (Å²) < 4.78 is 2.06. The molecule has 7 heteroatoms. The summed E-state index contributed by atoms with van der Waals surface area (Å²) >= 11 is 3.05. The van der Waals surface area contributed by atoms with Crippen LogP contribution >= 0.6 is 23.5 Å². The van der Waals surface area contributed by atoms with E-state index < -0.39 is 5.97 Å². The molecule has 1 aromatic rings. The lowest BCUT2D eigenvalue weighted by molar-refractivity contribution is -0.133. The average Bonchev–Trinajstić information content (AvgIpc) is 2.70. The molecular weight excluding hydrogens is 270 g/mol. The predicted octanol–water partition coefficient (Wildman–Crippen LogP) is 2.16. The van der Waals surface area contributed by atoms with E-state index in [1.165, 1.54) is 11.8 Å². The highest BCUT2D eigenvalue weighted by Gasteiger charge is 2.12. The predicted molar refractivity (Wildman–Crippen MR) is 75.4 cm³/mol. The van der Waals surface area contributed by atoms with Gasteiger partial charge in [0.05, 0.1) is 5.75 Å². The van der Waals surface area contributed by atoms with Gasteiger partial charge >= 0.3 is 5.97 Å². The fourth-order valence-corrected chi connectivity index (χ4v) is 2.67. The van der Waals surface area contributed by atoms with Gasteiger partial charge in [0, 0.05) is 13.0 Å². The zero-order chi connectivity index (χ0) is 13.4. The molecular formula is C11H19N3O2S2. The second kappa shape index (κ2) is 8.42. The third-order valence-corrected chi connectivity index (χ3v) is 3.97. The van der Waals surface area contributed by atoms with Gasteiger partial charge in [-0.05, 0) is 24.9 Å². The van der Waals surface area contributed by atoms with Gasteiger partial charge in [-0.2, -0.15) is 11.8 Å². The SMILES string of the molecule is CCCc1nnc(SCC(=O)O)n1CCCSC. The zero-order valence-corrected chi connectivity index (χ0v) is 12.4. The number of aliphatic carboxylic acids is 1. The largest absolute Gasteiger partial charge is 0.481 e. The van der Waals surface area contributed by atoms with Crippen LogP contribution < -0.4 is 0 Å². The number of thioether (sulfide) groups is 2. The van der Waals surface area contributed by atoms with Crippen molar-refractivity contribution >= 4 is 29.5 Å². The van der Waals surface area contributed by atoms with Gasteiger partial charge in [0.25, 0.3) is 0 Å². The maximum absolute atomic E-state index is 10.6. The summed E-state index contributed by atoms with van der Waals surface area (Å²) in [5.74, 6) is 1.27. The van der Waals surface area contributed by atoms with Gasteiger partial charge in [0.15, 0.2) is 5.16 Å². The quantitative estimate of drug-likeness (QED) is 0.555. The molecule has 5 nitrogen and oxygen atoms in total. The first-order valence-electron chi connectivity index (χ1n) is 5.94. The molecule has 0 spiro atoms. The van der Waals surface area contributed by atoms with Crippen LogP contribution in [-0.4, -0.2) is 43.6 Å². The zero-order valence-electron chi connectivity index (χ0n) is 10.8. The van der Waals surface area contributed by atoms with E-state index in [0.717, 1.165) is 42.5 Å². The second-order valence-corrected chi connectivity index (χ2v) is 5.76. The molecule has 0 radical (unpaired) electrons. The topological polar surface area (TPSA) is 68.0 Å². The van der Waals surface area contributed by atoms with Gasteiger partial charge in [-0.1, -0.05) is 18.7 Å². The molecule has 0 amide bonds. The second-order valence-electron chi connectivity index (χ2n) is 3.83. The minimum atomic E-state index is -0.823. The van der Waals surface area contributed by atoms with Crippen LogP contribution in [0.15, 0.2) is 5.16 Å². The van der Waals surface area contributed by atoms with Gasteiger partial charge in [0.2, 0.25) is 0 Å². The lowest BCUT2D eigenvalue weighted by atomic mass is 10.3. The minimum absolute atomic E-state index is 0.0345. The van der Waals surface area contributed by atoms with Crippen molar-refractivity contribution in [1.29, 1.82) is 0 Å². The fraction of sp³-hybridized carbons (Fsp3) is 0.727. The molecule has 0 atom stereocenters. The van der Waals surface area contributed by atoms with Gasteiger partial charge in [0.1, 0.15) is 5.82 Å². The van der Waals surface area contributed by atoms with Crippen molar-refractivity contribution in [3.63, 3.8) is 0 Å². The molecule has 0 aromatic carbocycles. The molecule has 0 aliphatic carbocycles. The number of rotatable bonds is 9. The molecule has 1 rings (SSSR count). The van der Waals surface area contributed by atoms with E-state index in [2.05, 4.69) is 27.9 Å². The molecule has 0 saturated heterocycles. The van der Waals surface area contributed by atoms with Crippen molar-refractivity contribution in [1.82, 2.24) is 14.8 Å². The van der Waals surface area contributed by atoms with E-state index in [-0.39, 0.29) is 5.75 Å². The highest BCUT2D eigenvalue weighted by atomic mass is 32.2. The third kappa shape index (κ3) is 4.89. The molecule has 102 valence electrons. The van der Waals surface area contributed by atoms with Crippen molar-refractivity contribution in [2.75, 3.05) is 17.8 Å². The Morgan fingerprint density at radius 1 is 1.44 bits per heavy atom. The van der Waals surface area contributed by atoms with E-state index in [4.69, 9.17) is 5.11 Å². The number of hydrogen-bond acceptors (Lipinski definition) is 5. The van der Waals surface area contributed by atoms with Crippen molar-refractivity contribution in [2.45, 2.75) is 37.9 Å². The van der Waals surface area contributed by atoms with E-state index in [9.17, 15) is 4.79 Å². The average molecular weight is 289 g/mol. The van der Waals surface area contributed by atoms with Crippen LogP contribution in [0.1, 0.15) is 25.6 Å². The lowest BCUT2D eigenvalue weighted by Crippen LogP contribution is -2.07. The van der Waals surface area contributed by atoms with E-state index in [0.29, 0.717) is 0 Å². The standard InChI is InChI=1S/C11H19N3O2S2/c1-3-5-9-12-13-11(18-8-10(15)16)14(9)6-4-7-17-2/h3-8H2,1-2H3,(H,15,16). The first-order chi connectivity index (χ1) is 8.69. The minimum Gasteiger partial charge on any atom is -0.481 e. The molecule has 0 saturated carbocycles. The maximum Gasteiger partial charge on any atom is 0.313 e. The smallest absolute Gasteiger partial charge is 0.313 e. The molecule has 0 aliphatic heterocycles. The molecule has 0 unspecified atom stereocenters. The van der Waals surface area contributed by atoms with Crippen LogP contribution in [0.3, 0.4) is 0 Å². The Kier molecular flexibility index (Phi) is 7.19. The molecule has 1 heterocycles. The molecule has 0 aliphatic rings. The highest BCUT2D eigenvalue weighted by molar-refractivity contribution is 7.99. The van der Waals surface area contributed by atoms with Crippen LogP contribution in [0.5, 0.6) is 0 Å². The maximum atomic E-state index is 10.6. The van der Waals surface area contributed by atoms with Crippen LogP contribution in [-0.2, 0) is 17.8 Å². The molecule has 0 bridgehead atoms. The Hall–Kier alpha value is -0.690. The van der Waals surface area contributed by atoms with Gasteiger partial charge < -0.3 is 9.67 Å². The van der Waals surface area contributed by atoms with E-state index >= 15 is 0 Å². The summed E-state index contributed by atoms with van der Waals surface area (Å²) in [5.41, 5.74) is 0. The van der Waals surface area contributed by atoms with Crippen molar-refractivity contribution in [3.8, 4) is 0 Å². The highest BCUT2D eigenvalue weighted by Crippen LogP contribution is 2.18. The van der Waals surface area contributed by atoms with Crippen LogP contribution in [0.4, 0.5) is 0 Å². The van der Waals surface area contributed by atoms with E-state index in [1.807, 2.05) is 11.8 Å². The first kappa shape index (κ1) is 15.4.